The Morgan fingerprint density at radius 1 is 1.35 bits per heavy atom. The van der Waals surface area contributed by atoms with Gasteiger partial charge in [0.2, 0.25) is 0 Å². The van der Waals surface area contributed by atoms with E-state index in [4.69, 9.17) is 11.6 Å². The Labute approximate surface area is 107 Å². The van der Waals surface area contributed by atoms with Crippen LogP contribution < -0.4 is 5.32 Å². The number of hydrogen-bond donors (Lipinski definition) is 1. The van der Waals surface area contributed by atoms with Crippen molar-refractivity contribution in [2.45, 2.75) is 25.4 Å². The summed E-state index contributed by atoms with van der Waals surface area (Å²) < 4.78 is 22.9. The van der Waals surface area contributed by atoms with Crippen molar-refractivity contribution in [1.82, 2.24) is 5.32 Å². The lowest BCUT2D eigenvalue weighted by Crippen LogP contribution is -2.42. The maximum absolute atomic E-state index is 11.4. The summed E-state index contributed by atoms with van der Waals surface area (Å²) in [5, 5.41) is 4.04. The zero-order valence-electron chi connectivity index (χ0n) is 9.74. The van der Waals surface area contributed by atoms with Gasteiger partial charge in [-0.15, -0.1) is 0 Å². The minimum atomic E-state index is -2.85. The lowest BCUT2D eigenvalue weighted by Gasteiger charge is -2.24. The largest absolute Gasteiger partial charge is 0.306 e. The Hall–Kier alpha value is -0.580. The van der Waals surface area contributed by atoms with E-state index in [2.05, 4.69) is 5.32 Å². The van der Waals surface area contributed by atoms with Crippen LogP contribution in [-0.2, 0) is 16.4 Å². The third-order valence-electron chi connectivity index (χ3n) is 3.14. The summed E-state index contributed by atoms with van der Waals surface area (Å²) in [7, 11) is -2.85. The molecule has 0 aromatic heterocycles. The van der Waals surface area contributed by atoms with Gasteiger partial charge in [0, 0.05) is 17.1 Å². The molecule has 5 heteroatoms. The van der Waals surface area contributed by atoms with E-state index in [0.29, 0.717) is 18.0 Å². The van der Waals surface area contributed by atoms with Crippen LogP contribution in [0.2, 0.25) is 5.02 Å². The highest BCUT2D eigenvalue weighted by Gasteiger charge is 2.37. The second-order valence-corrected chi connectivity index (χ2v) is 7.50. The van der Waals surface area contributed by atoms with Crippen LogP contribution in [0.3, 0.4) is 0 Å². The molecule has 1 aromatic carbocycles. The molecule has 1 unspecified atom stereocenters. The second-order valence-electron chi connectivity index (χ2n) is 4.88. The van der Waals surface area contributed by atoms with E-state index < -0.39 is 9.84 Å². The van der Waals surface area contributed by atoms with Crippen LogP contribution in [0, 0.1) is 0 Å². The van der Waals surface area contributed by atoms with Crippen molar-refractivity contribution in [2.24, 2.45) is 0 Å². The van der Waals surface area contributed by atoms with E-state index in [-0.39, 0.29) is 17.0 Å². The lowest BCUT2D eigenvalue weighted by atomic mass is 10.0. The predicted octanol–water partition coefficient (Wildman–Crippen LogP) is 2.01. The van der Waals surface area contributed by atoms with E-state index in [0.717, 1.165) is 5.56 Å². The molecule has 94 valence electrons. The summed E-state index contributed by atoms with van der Waals surface area (Å²) in [6.45, 7) is 2.64. The Morgan fingerprint density at radius 2 is 2.00 bits per heavy atom. The SMILES string of the molecule is CC1(NCc2ccc(Cl)cc2)CCS(=O)(=O)C1. The molecule has 1 fully saturated rings. The molecule has 1 saturated heterocycles. The molecule has 1 N–H and O–H groups in total. The Morgan fingerprint density at radius 3 is 2.53 bits per heavy atom. The van der Waals surface area contributed by atoms with Crippen LogP contribution in [0.25, 0.3) is 0 Å². The minimum absolute atomic E-state index is 0.230. The highest BCUT2D eigenvalue weighted by molar-refractivity contribution is 7.91. The summed E-state index contributed by atoms with van der Waals surface area (Å²) in [4.78, 5) is 0. The zero-order chi connectivity index (χ0) is 12.5. The molecule has 2 rings (SSSR count). The number of benzene rings is 1. The molecule has 1 aliphatic rings. The van der Waals surface area contributed by atoms with E-state index in [1.54, 1.807) is 0 Å². The van der Waals surface area contributed by atoms with Crippen molar-refractivity contribution in [3.63, 3.8) is 0 Å². The van der Waals surface area contributed by atoms with Crippen molar-refractivity contribution in [3.8, 4) is 0 Å². The Balaban J connectivity index is 1.97. The Kier molecular flexibility index (Phi) is 3.48. The fourth-order valence-electron chi connectivity index (χ4n) is 2.07. The predicted molar refractivity (Wildman–Crippen MR) is 70.0 cm³/mol. The number of nitrogens with one attached hydrogen (secondary N) is 1. The molecule has 0 aliphatic carbocycles. The van der Waals surface area contributed by atoms with Gasteiger partial charge in [0.25, 0.3) is 0 Å². The number of sulfone groups is 1. The minimum Gasteiger partial charge on any atom is -0.306 e. The maximum Gasteiger partial charge on any atom is 0.152 e. The quantitative estimate of drug-likeness (QED) is 0.916. The summed E-state index contributed by atoms with van der Waals surface area (Å²) in [6, 6.07) is 7.57. The molecule has 0 bridgehead atoms. The first-order valence-corrected chi connectivity index (χ1v) is 7.78. The van der Waals surface area contributed by atoms with Crippen LogP contribution in [0.1, 0.15) is 18.9 Å². The number of halogens is 1. The van der Waals surface area contributed by atoms with Gasteiger partial charge in [-0.3, -0.25) is 0 Å². The van der Waals surface area contributed by atoms with Gasteiger partial charge < -0.3 is 5.32 Å². The molecule has 17 heavy (non-hydrogen) atoms. The lowest BCUT2D eigenvalue weighted by molar-refractivity contribution is 0.395. The molecule has 1 aromatic rings. The van der Waals surface area contributed by atoms with Gasteiger partial charge in [-0.05, 0) is 31.0 Å². The van der Waals surface area contributed by atoms with Gasteiger partial charge in [0.1, 0.15) is 0 Å². The first-order valence-electron chi connectivity index (χ1n) is 5.59. The van der Waals surface area contributed by atoms with Crippen molar-refractivity contribution in [2.75, 3.05) is 11.5 Å². The van der Waals surface area contributed by atoms with Crippen molar-refractivity contribution in [3.05, 3.63) is 34.9 Å². The Bertz CT molecular complexity index is 498. The van der Waals surface area contributed by atoms with E-state index in [1.165, 1.54) is 0 Å². The average Bonchev–Trinajstić information content (AvgIpc) is 2.53. The van der Waals surface area contributed by atoms with Crippen LogP contribution in [-0.4, -0.2) is 25.5 Å². The fraction of sp³-hybridized carbons (Fsp3) is 0.500. The molecule has 0 radical (unpaired) electrons. The van der Waals surface area contributed by atoms with Crippen molar-refractivity contribution >= 4 is 21.4 Å². The van der Waals surface area contributed by atoms with Gasteiger partial charge in [0.15, 0.2) is 9.84 Å². The molecular formula is C12H16ClNO2S. The smallest absolute Gasteiger partial charge is 0.152 e. The monoisotopic (exact) mass is 273 g/mol. The van der Waals surface area contributed by atoms with Gasteiger partial charge in [-0.25, -0.2) is 8.42 Å². The van der Waals surface area contributed by atoms with Crippen LogP contribution in [0.4, 0.5) is 0 Å². The highest BCUT2D eigenvalue weighted by atomic mass is 35.5. The molecular weight excluding hydrogens is 258 g/mol. The van der Waals surface area contributed by atoms with E-state index >= 15 is 0 Å². The molecule has 0 spiro atoms. The molecule has 1 heterocycles. The van der Waals surface area contributed by atoms with Gasteiger partial charge >= 0.3 is 0 Å². The summed E-state index contributed by atoms with van der Waals surface area (Å²) >= 11 is 5.80. The van der Waals surface area contributed by atoms with Crippen molar-refractivity contribution in [1.29, 1.82) is 0 Å². The number of rotatable bonds is 3. The van der Waals surface area contributed by atoms with Crippen LogP contribution in [0.5, 0.6) is 0 Å². The van der Waals surface area contributed by atoms with E-state index in [1.807, 2.05) is 31.2 Å². The standard InChI is InChI=1S/C12H16ClNO2S/c1-12(6-7-17(15,16)9-12)14-8-10-2-4-11(13)5-3-10/h2-5,14H,6-9H2,1H3. The van der Waals surface area contributed by atoms with Crippen LogP contribution >= 0.6 is 11.6 Å². The first-order chi connectivity index (χ1) is 7.89. The molecule has 0 amide bonds. The average molecular weight is 274 g/mol. The van der Waals surface area contributed by atoms with Gasteiger partial charge in [-0.1, -0.05) is 23.7 Å². The van der Waals surface area contributed by atoms with Gasteiger partial charge in [-0.2, -0.15) is 0 Å². The third kappa shape index (κ3) is 3.44. The fourth-order valence-corrected chi connectivity index (χ4v) is 4.32. The second kappa shape index (κ2) is 4.59. The molecule has 1 atom stereocenters. The summed E-state index contributed by atoms with van der Waals surface area (Å²) in [5.41, 5.74) is 0.818. The third-order valence-corrected chi connectivity index (χ3v) is 5.29. The van der Waals surface area contributed by atoms with Gasteiger partial charge in [0.05, 0.1) is 11.5 Å². The first kappa shape index (κ1) is 12.9. The van der Waals surface area contributed by atoms with E-state index in [9.17, 15) is 8.42 Å². The molecule has 3 nitrogen and oxygen atoms in total. The number of hydrogen-bond acceptors (Lipinski definition) is 3. The topological polar surface area (TPSA) is 46.2 Å². The summed E-state index contributed by atoms with van der Waals surface area (Å²) in [6.07, 6.45) is 0.683. The highest BCUT2D eigenvalue weighted by Crippen LogP contribution is 2.23. The molecule has 1 aliphatic heterocycles. The van der Waals surface area contributed by atoms with Crippen molar-refractivity contribution < 1.29 is 8.42 Å². The maximum atomic E-state index is 11.4. The summed E-state index contributed by atoms with van der Waals surface area (Å²) in [5.74, 6) is 0.519. The molecule has 0 saturated carbocycles. The normalized spacial score (nSPS) is 27.2. The van der Waals surface area contributed by atoms with Crippen LogP contribution in [0.15, 0.2) is 24.3 Å². The zero-order valence-corrected chi connectivity index (χ0v) is 11.3.